The summed E-state index contributed by atoms with van der Waals surface area (Å²) in [5.74, 6) is -4.48. The molecule has 0 fully saturated rings. The molecule has 0 aliphatic carbocycles. The first kappa shape index (κ1) is 31.2. The first-order chi connectivity index (χ1) is 16.0. The summed E-state index contributed by atoms with van der Waals surface area (Å²) in [4.78, 5) is 44.7. The molecule has 0 aliphatic rings. The van der Waals surface area contributed by atoms with Crippen LogP contribution in [0, 0.1) is 0 Å². The average Bonchev–Trinajstić information content (AvgIpc) is 2.70. The van der Waals surface area contributed by atoms with Crippen molar-refractivity contribution in [1.82, 2.24) is 9.80 Å². The number of aromatic nitrogens is 2. The van der Waals surface area contributed by atoms with Crippen molar-refractivity contribution in [2.75, 3.05) is 26.2 Å². The SMILES string of the molecule is O=C(O)CN(CC(=O)O)Cc1cccc[n+]1O.O=C(O)CN(CC(=O)O)Cc1cccc[n+]1O.[Fe+2]. The fourth-order valence-corrected chi connectivity index (χ4v) is 2.75. The van der Waals surface area contributed by atoms with Gasteiger partial charge in [0, 0.05) is 33.7 Å². The van der Waals surface area contributed by atoms with Gasteiger partial charge >= 0.3 is 40.9 Å². The monoisotopic (exact) mass is 538 g/mol. The Labute approximate surface area is 209 Å². The van der Waals surface area contributed by atoms with E-state index >= 15 is 0 Å². The molecule has 35 heavy (non-hydrogen) atoms. The molecule has 0 saturated carbocycles. The molecule has 0 radical (unpaired) electrons. The molecule has 2 heterocycles. The van der Waals surface area contributed by atoms with E-state index in [1.54, 1.807) is 36.4 Å². The number of nitrogens with zero attached hydrogens (tertiary/aromatic N) is 4. The van der Waals surface area contributed by atoms with Crippen molar-refractivity contribution < 1.29 is 76.5 Å². The predicted octanol–water partition coefficient (Wildman–Crippen LogP) is -1.64. The molecule has 0 unspecified atom stereocenters. The number of carboxylic acid groups (broad SMARTS) is 4. The van der Waals surface area contributed by atoms with Crippen LogP contribution in [-0.2, 0) is 49.3 Å². The zero-order valence-corrected chi connectivity index (χ0v) is 19.4. The van der Waals surface area contributed by atoms with Crippen LogP contribution < -0.4 is 9.46 Å². The van der Waals surface area contributed by atoms with Gasteiger partial charge in [-0.15, -0.1) is 0 Å². The Kier molecular flexibility index (Phi) is 14.2. The minimum atomic E-state index is -1.12. The number of aliphatic carboxylic acids is 4. The van der Waals surface area contributed by atoms with E-state index in [1.807, 2.05) is 0 Å². The predicted molar refractivity (Wildman–Crippen MR) is 109 cm³/mol. The summed E-state index contributed by atoms with van der Waals surface area (Å²) in [7, 11) is 0. The molecule has 2 rings (SSSR count). The van der Waals surface area contributed by atoms with Gasteiger partial charge in [0.1, 0.15) is 0 Å². The minimum Gasteiger partial charge on any atom is -0.480 e. The third-order valence-electron chi connectivity index (χ3n) is 4.05. The Morgan fingerprint density at radius 3 is 1.11 bits per heavy atom. The number of pyridine rings is 2. The van der Waals surface area contributed by atoms with Crippen LogP contribution in [-0.4, -0.2) is 90.7 Å². The van der Waals surface area contributed by atoms with Crippen LogP contribution in [0.15, 0.2) is 48.8 Å². The molecule has 15 heteroatoms. The van der Waals surface area contributed by atoms with Crippen LogP contribution in [0.3, 0.4) is 0 Å². The van der Waals surface area contributed by atoms with E-state index in [0.29, 0.717) is 11.4 Å². The molecule has 0 bridgehead atoms. The smallest absolute Gasteiger partial charge is 0.480 e. The maximum atomic E-state index is 10.6. The van der Waals surface area contributed by atoms with E-state index in [9.17, 15) is 29.6 Å². The molecule has 0 spiro atoms. The van der Waals surface area contributed by atoms with Crippen molar-refractivity contribution in [2.45, 2.75) is 13.1 Å². The number of carboxylic acids is 4. The topological polar surface area (TPSA) is 204 Å². The van der Waals surface area contributed by atoms with Crippen LogP contribution in [0.4, 0.5) is 0 Å². The van der Waals surface area contributed by atoms with E-state index in [0.717, 1.165) is 9.46 Å². The second-order valence-corrected chi connectivity index (χ2v) is 6.94. The van der Waals surface area contributed by atoms with Crippen molar-refractivity contribution in [3.8, 4) is 0 Å². The molecule has 0 atom stereocenters. The Morgan fingerprint density at radius 1 is 0.600 bits per heavy atom. The number of hydrogen-bond donors (Lipinski definition) is 6. The summed E-state index contributed by atoms with van der Waals surface area (Å²) in [6.07, 6.45) is 2.77. The summed E-state index contributed by atoms with van der Waals surface area (Å²) < 4.78 is 1.66. The molecule has 0 saturated heterocycles. The van der Waals surface area contributed by atoms with E-state index in [2.05, 4.69) is 0 Å². The standard InChI is InChI=1S/2C10H12N2O5.Fe/c2*13-9(14)6-11(7-10(15)16)5-8-3-1-2-4-12(8)17;/h2*1-4H,5-7H2,(H2-,13,14,15,16,17);/q;;+2/p+2. The van der Waals surface area contributed by atoms with Gasteiger partial charge in [0.2, 0.25) is 23.8 Å². The Bertz CT molecular complexity index is 896. The van der Waals surface area contributed by atoms with E-state index in [-0.39, 0.29) is 30.2 Å². The van der Waals surface area contributed by atoms with Gasteiger partial charge in [-0.3, -0.25) is 39.4 Å². The van der Waals surface area contributed by atoms with Gasteiger partial charge in [-0.1, -0.05) is 0 Å². The van der Waals surface area contributed by atoms with E-state index in [4.69, 9.17) is 20.4 Å². The molecule has 0 aliphatic heterocycles. The number of rotatable bonds is 12. The second kappa shape index (κ2) is 15.9. The number of hydrogen-bond acceptors (Lipinski definition) is 8. The third kappa shape index (κ3) is 13.5. The molecule has 2 aromatic heterocycles. The Morgan fingerprint density at radius 2 is 0.886 bits per heavy atom. The summed E-state index contributed by atoms with van der Waals surface area (Å²) in [5.41, 5.74) is 0.824. The molecule has 14 nitrogen and oxygen atoms in total. The van der Waals surface area contributed by atoms with Crippen LogP contribution in [0.1, 0.15) is 11.4 Å². The first-order valence-corrected chi connectivity index (χ1v) is 9.67. The van der Waals surface area contributed by atoms with Gasteiger partial charge in [0.25, 0.3) is 0 Å². The van der Waals surface area contributed by atoms with Crippen LogP contribution in [0.5, 0.6) is 0 Å². The third-order valence-corrected chi connectivity index (χ3v) is 4.05. The van der Waals surface area contributed by atoms with E-state index < -0.39 is 50.1 Å². The van der Waals surface area contributed by atoms with Gasteiger partial charge in [-0.25, -0.2) is 0 Å². The van der Waals surface area contributed by atoms with Gasteiger partial charge in [0.05, 0.1) is 39.3 Å². The summed E-state index contributed by atoms with van der Waals surface area (Å²) >= 11 is 0. The quantitative estimate of drug-likeness (QED) is 0.102. The van der Waals surface area contributed by atoms with Crippen molar-refractivity contribution in [1.29, 1.82) is 0 Å². The molecule has 2 aromatic rings. The summed E-state index contributed by atoms with van der Waals surface area (Å²) in [6.45, 7) is -1.53. The second-order valence-electron chi connectivity index (χ2n) is 6.94. The number of carbonyl (C=O) groups is 4. The van der Waals surface area contributed by atoms with Crippen molar-refractivity contribution in [3.05, 3.63) is 60.2 Å². The minimum absolute atomic E-state index is 0. The largest absolute Gasteiger partial charge is 2.00 e. The molecule has 0 aromatic carbocycles. The Balaban J connectivity index is 0.000000642. The fourth-order valence-electron chi connectivity index (χ4n) is 2.75. The maximum absolute atomic E-state index is 10.6. The van der Waals surface area contributed by atoms with Crippen LogP contribution in [0.2, 0.25) is 0 Å². The average molecular weight is 538 g/mol. The van der Waals surface area contributed by atoms with Crippen molar-refractivity contribution >= 4 is 23.9 Å². The van der Waals surface area contributed by atoms with Gasteiger partial charge < -0.3 is 20.4 Å². The van der Waals surface area contributed by atoms with E-state index in [1.165, 1.54) is 22.2 Å². The molecule has 190 valence electrons. The van der Waals surface area contributed by atoms with Crippen molar-refractivity contribution in [2.24, 2.45) is 0 Å². The maximum Gasteiger partial charge on any atom is 2.00 e. The summed E-state index contributed by atoms with van der Waals surface area (Å²) in [5, 5.41) is 53.4. The first-order valence-electron chi connectivity index (χ1n) is 9.67. The summed E-state index contributed by atoms with van der Waals surface area (Å²) in [6, 6.07) is 9.70. The zero-order chi connectivity index (χ0) is 25.7. The fraction of sp³-hybridized carbons (Fsp3) is 0.300. The normalized spacial score (nSPS) is 10.1. The van der Waals surface area contributed by atoms with Crippen LogP contribution >= 0.6 is 0 Å². The van der Waals surface area contributed by atoms with Gasteiger partial charge in [0.15, 0.2) is 0 Å². The van der Waals surface area contributed by atoms with Crippen molar-refractivity contribution in [3.63, 3.8) is 0 Å². The van der Waals surface area contributed by atoms with Gasteiger partial charge in [-0.2, -0.15) is 0 Å². The molecule has 6 N–H and O–H groups in total. The van der Waals surface area contributed by atoms with Crippen LogP contribution in [0.25, 0.3) is 0 Å². The zero-order valence-electron chi connectivity index (χ0n) is 18.3. The molecule has 0 amide bonds. The molecular formula is C20H26FeN4O10+4. The Hall–Kier alpha value is -3.78. The molecular weight excluding hydrogens is 512 g/mol. The van der Waals surface area contributed by atoms with Gasteiger partial charge in [-0.05, 0) is 12.1 Å².